The van der Waals surface area contributed by atoms with Gasteiger partial charge in [-0.2, -0.15) is 5.10 Å². The van der Waals surface area contributed by atoms with E-state index in [4.69, 9.17) is 9.15 Å². The zero-order chi connectivity index (χ0) is 22.6. The fourth-order valence-electron chi connectivity index (χ4n) is 3.65. The molecule has 9 nitrogen and oxygen atoms in total. The predicted molar refractivity (Wildman–Crippen MR) is 123 cm³/mol. The lowest BCUT2D eigenvalue weighted by Gasteiger charge is -2.26. The van der Waals surface area contributed by atoms with Gasteiger partial charge in [0.2, 0.25) is 5.91 Å². The molecule has 0 bridgehead atoms. The molecule has 5 rings (SSSR count). The number of carbonyl (C=O) groups excluding carboxylic acids is 1. The third-order valence-electron chi connectivity index (χ3n) is 5.33. The average molecular weight is 464 g/mol. The maximum atomic E-state index is 13.0. The zero-order valence-corrected chi connectivity index (χ0v) is 18.5. The Balaban J connectivity index is 1.42. The van der Waals surface area contributed by atoms with Crippen molar-refractivity contribution < 1.29 is 13.9 Å². The Kier molecular flexibility index (Phi) is 6.18. The topological polar surface area (TPSA) is 103 Å². The van der Waals surface area contributed by atoms with Crippen LogP contribution in [-0.2, 0) is 16.1 Å². The van der Waals surface area contributed by atoms with Gasteiger partial charge in [-0.25, -0.2) is 4.68 Å². The molecule has 168 valence electrons. The molecule has 1 aliphatic rings. The molecule has 0 saturated carbocycles. The normalized spacial score (nSPS) is 14.0. The molecule has 33 heavy (non-hydrogen) atoms. The van der Waals surface area contributed by atoms with Gasteiger partial charge in [0.25, 0.3) is 16.7 Å². The molecule has 3 heterocycles. The number of hydrogen-bond acceptors (Lipinski definition) is 8. The van der Waals surface area contributed by atoms with Crippen LogP contribution >= 0.6 is 11.8 Å². The van der Waals surface area contributed by atoms with Crippen LogP contribution in [0.2, 0.25) is 0 Å². The zero-order valence-electron chi connectivity index (χ0n) is 17.7. The Morgan fingerprint density at radius 3 is 2.48 bits per heavy atom. The maximum Gasteiger partial charge on any atom is 0.277 e. The van der Waals surface area contributed by atoms with E-state index >= 15 is 0 Å². The van der Waals surface area contributed by atoms with Gasteiger partial charge in [-0.15, -0.1) is 10.2 Å². The average Bonchev–Trinajstić information content (AvgIpc) is 3.34. The molecule has 10 heteroatoms. The minimum Gasteiger partial charge on any atom is -0.409 e. The second-order valence-electron chi connectivity index (χ2n) is 7.50. The molecular formula is C23H21N5O4S. The van der Waals surface area contributed by atoms with Crippen LogP contribution in [0.3, 0.4) is 0 Å². The van der Waals surface area contributed by atoms with Crippen LogP contribution in [0.4, 0.5) is 0 Å². The van der Waals surface area contributed by atoms with Crippen LogP contribution in [0.15, 0.2) is 69.0 Å². The Morgan fingerprint density at radius 1 is 0.970 bits per heavy atom. The standard InChI is InChI=1S/C23H21N5O4S/c29-19(27-10-12-31-13-11-27)15-33-23-25-24-21(32-23)20-17-8-4-5-9-18(17)22(30)28(26-20)14-16-6-2-1-3-7-16/h1-9H,10-15H2. The molecule has 0 spiro atoms. The molecular weight excluding hydrogens is 442 g/mol. The molecule has 0 atom stereocenters. The van der Waals surface area contributed by atoms with Crippen LogP contribution in [-0.4, -0.2) is 62.8 Å². The lowest BCUT2D eigenvalue weighted by molar-refractivity contribution is -0.132. The van der Waals surface area contributed by atoms with Crippen molar-refractivity contribution in [1.29, 1.82) is 0 Å². The van der Waals surface area contributed by atoms with Gasteiger partial charge in [0, 0.05) is 18.5 Å². The van der Waals surface area contributed by atoms with Gasteiger partial charge in [-0.05, 0) is 11.6 Å². The van der Waals surface area contributed by atoms with Crippen LogP contribution in [0, 0.1) is 0 Å². The summed E-state index contributed by atoms with van der Waals surface area (Å²) in [6.45, 7) is 2.61. The Morgan fingerprint density at radius 2 is 1.70 bits per heavy atom. The molecule has 1 amide bonds. The number of nitrogens with zero attached hydrogens (tertiary/aromatic N) is 5. The fourth-order valence-corrected chi connectivity index (χ4v) is 4.31. The van der Waals surface area contributed by atoms with Gasteiger partial charge < -0.3 is 14.1 Å². The number of rotatable bonds is 6. The lowest BCUT2D eigenvalue weighted by Crippen LogP contribution is -2.41. The lowest BCUT2D eigenvalue weighted by atomic mass is 10.1. The Labute approximate surface area is 193 Å². The van der Waals surface area contributed by atoms with E-state index in [2.05, 4.69) is 15.3 Å². The molecule has 1 fully saturated rings. The quantitative estimate of drug-likeness (QED) is 0.402. The van der Waals surface area contributed by atoms with E-state index in [-0.39, 0.29) is 28.3 Å². The number of amides is 1. The van der Waals surface area contributed by atoms with Gasteiger partial charge in [-0.1, -0.05) is 60.3 Å². The second kappa shape index (κ2) is 9.55. The third kappa shape index (κ3) is 4.67. The van der Waals surface area contributed by atoms with Gasteiger partial charge in [-0.3, -0.25) is 9.59 Å². The largest absolute Gasteiger partial charge is 0.409 e. The number of hydrogen-bond donors (Lipinski definition) is 0. The van der Waals surface area contributed by atoms with E-state index in [1.54, 1.807) is 11.0 Å². The summed E-state index contributed by atoms with van der Waals surface area (Å²) >= 11 is 1.18. The smallest absolute Gasteiger partial charge is 0.277 e. The highest BCUT2D eigenvalue weighted by Crippen LogP contribution is 2.27. The highest BCUT2D eigenvalue weighted by Gasteiger charge is 2.20. The van der Waals surface area contributed by atoms with Crippen molar-refractivity contribution in [2.45, 2.75) is 11.8 Å². The summed E-state index contributed by atoms with van der Waals surface area (Å²) in [6, 6.07) is 16.9. The number of carbonyl (C=O) groups is 1. The second-order valence-corrected chi connectivity index (χ2v) is 8.42. The monoisotopic (exact) mass is 463 g/mol. The number of benzene rings is 2. The fraction of sp³-hybridized carbons (Fsp3) is 0.261. The van der Waals surface area contributed by atoms with E-state index in [1.807, 2.05) is 48.5 Å². The first-order chi connectivity index (χ1) is 16.2. The summed E-state index contributed by atoms with van der Waals surface area (Å²) in [5.41, 5.74) is 1.19. The van der Waals surface area contributed by atoms with E-state index in [1.165, 1.54) is 16.4 Å². The Bertz CT molecular complexity index is 1330. The molecule has 1 saturated heterocycles. The number of morpholine rings is 1. The van der Waals surface area contributed by atoms with E-state index in [0.29, 0.717) is 49.3 Å². The number of fused-ring (bicyclic) bond motifs is 1. The molecule has 4 aromatic rings. The van der Waals surface area contributed by atoms with Crippen LogP contribution in [0.25, 0.3) is 22.4 Å². The number of ether oxygens (including phenoxy) is 1. The first-order valence-corrected chi connectivity index (χ1v) is 11.5. The molecule has 0 aliphatic carbocycles. The molecule has 2 aromatic carbocycles. The summed E-state index contributed by atoms with van der Waals surface area (Å²) in [6.07, 6.45) is 0. The van der Waals surface area contributed by atoms with Gasteiger partial charge >= 0.3 is 0 Å². The summed E-state index contributed by atoms with van der Waals surface area (Å²) in [7, 11) is 0. The molecule has 0 N–H and O–H groups in total. The highest BCUT2D eigenvalue weighted by atomic mass is 32.2. The summed E-state index contributed by atoms with van der Waals surface area (Å²) in [4.78, 5) is 27.2. The SMILES string of the molecule is O=C(CSc1nnc(-c2nn(Cc3ccccc3)c(=O)c3ccccc23)o1)N1CCOCC1. The van der Waals surface area contributed by atoms with Crippen LogP contribution < -0.4 is 5.56 Å². The van der Waals surface area contributed by atoms with E-state index in [9.17, 15) is 9.59 Å². The van der Waals surface area contributed by atoms with Crippen molar-refractivity contribution in [3.05, 3.63) is 70.5 Å². The number of aromatic nitrogens is 4. The van der Waals surface area contributed by atoms with Crippen molar-refractivity contribution in [2.75, 3.05) is 32.1 Å². The molecule has 1 aliphatic heterocycles. The minimum atomic E-state index is -0.191. The van der Waals surface area contributed by atoms with E-state index < -0.39 is 0 Å². The first kappa shape index (κ1) is 21.4. The highest BCUT2D eigenvalue weighted by molar-refractivity contribution is 7.99. The van der Waals surface area contributed by atoms with E-state index in [0.717, 1.165) is 5.56 Å². The van der Waals surface area contributed by atoms with Crippen molar-refractivity contribution in [1.82, 2.24) is 24.9 Å². The van der Waals surface area contributed by atoms with Gasteiger partial charge in [0.05, 0.1) is 30.9 Å². The summed E-state index contributed by atoms with van der Waals surface area (Å²) < 4.78 is 12.5. The number of thioether (sulfide) groups is 1. The van der Waals surface area contributed by atoms with Crippen molar-refractivity contribution >= 4 is 28.4 Å². The third-order valence-corrected chi connectivity index (χ3v) is 6.14. The van der Waals surface area contributed by atoms with Crippen LogP contribution in [0.1, 0.15) is 5.56 Å². The summed E-state index contributed by atoms with van der Waals surface area (Å²) in [5, 5.41) is 14.2. The first-order valence-electron chi connectivity index (χ1n) is 10.5. The molecule has 0 unspecified atom stereocenters. The van der Waals surface area contributed by atoms with Gasteiger partial charge in [0.15, 0.2) is 5.69 Å². The molecule has 2 aromatic heterocycles. The molecule has 0 radical (unpaired) electrons. The van der Waals surface area contributed by atoms with Crippen molar-refractivity contribution in [3.63, 3.8) is 0 Å². The van der Waals surface area contributed by atoms with Crippen molar-refractivity contribution in [3.8, 4) is 11.6 Å². The Hall–Kier alpha value is -3.50. The van der Waals surface area contributed by atoms with Crippen LogP contribution in [0.5, 0.6) is 0 Å². The van der Waals surface area contributed by atoms with Gasteiger partial charge in [0.1, 0.15) is 0 Å². The minimum absolute atomic E-state index is 0.00281. The van der Waals surface area contributed by atoms with Crippen molar-refractivity contribution in [2.24, 2.45) is 0 Å². The predicted octanol–water partition coefficient (Wildman–Crippen LogP) is 2.45. The maximum absolute atomic E-state index is 13.0. The summed E-state index contributed by atoms with van der Waals surface area (Å²) in [5.74, 6) is 0.404.